The predicted octanol–water partition coefficient (Wildman–Crippen LogP) is 4.74. The molecule has 0 bridgehead atoms. The molecule has 2 heterocycles. The van der Waals surface area contributed by atoms with Gasteiger partial charge in [-0.05, 0) is 37.3 Å². The number of carbonyl (C=O) groups excluding carboxylic acids is 1. The van der Waals surface area contributed by atoms with E-state index in [0.29, 0.717) is 9.90 Å². The van der Waals surface area contributed by atoms with Gasteiger partial charge in [-0.25, -0.2) is 0 Å². The predicted molar refractivity (Wildman–Crippen MR) is 85.9 cm³/mol. The molecule has 1 fully saturated rings. The Kier molecular flexibility index (Phi) is 3.74. The summed E-state index contributed by atoms with van der Waals surface area (Å²) in [6.07, 6.45) is 2.18. The number of amides is 1. The van der Waals surface area contributed by atoms with Crippen molar-refractivity contribution < 1.29 is 4.79 Å². The van der Waals surface area contributed by atoms with E-state index in [-0.39, 0.29) is 5.91 Å². The van der Waals surface area contributed by atoms with Crippen LogP contribution in [0, 0.1) is 12.8 Å². The standard InChI is InChI=1S/C16H18ClNOS/c1-10-5-7-18(8-6-10)16(19)15-14(17)12-4-3-11(2)9-13(12)20-15/h3-4,9-10H,5-8H2,1-2H3. The Hall–Kier alpha value is -1.06. The van der Waals surface area contributed by atoms with Crippen LogP contribution in [0.1, 0.15) is 35.0 Å². The number of hydrogen-bond donors (Lipinski definition) is 0. The summed E-state index contributed by atoms with van der Waals surface area (Å²) in [6, 6.07) is 6.15. The van der Waals surface area contributed by atoms with Crippen LogP contribution in [0.3, 0.4) is 0 Å². The number of aryl methyl sites for hydroxylation is 1. The minimum absolute atomic E-state index is 0.0979. The normalized spacial score (nSPS) is 16.9. The van der Waals surface area contributed by atoms with E-state index < -0.39 is 0 Å². The average molecular weight is 308 g/mol. The number of halogens is 1. The molecule has 0 atom stereocenters. The molecule has 2 nitrogen and oxygen atoms in total. The maximum atomic E-state index is 12.6. The molecule has 20 heavy (non-hydrogen) atoms. The maximum absolute atomic E-state index is 12.6. The van der Waals surface area contributed by atoms with Crippen LogP contribution in [0.5, 0.6) is 0 Å². The van der Waals surface area contributed by atoms with Crippen LogP contribution in [0.25, 0.3) is 10.1 Å². The van der Waals surface area contributed by atoms with Crippen molar-refractivity contribution in [2.24, 2.45) is 5.92 Å². The maximum Gasteiger partial charge on any atom is 0.265 e. The molecule has 1 amide bonds. The Labute approximate surface area is 128 Å². The number of piperidine rings is 1. The molecular formula is C16H18ClNOS. The summed E-state index contributed by atoms with van der Waals surface area (Å²) in [5.41, 5.74) is 1.20. The first-order valence-corrected chi connectivity index (χ1v) is 8.23. The monoisotopic (exact) mass is 307 g/mol. The van der Waals surface area contributed by atoms with E-state index in [9.17, 15) is 4.79 Å². The Balaban J connectivity index is 1.93. The van der Waals surface area contributed by atoms with Crippen LogP contribution < -0.4 is 0 Å². The number of fused-ring (bicyclic) bond motifs is 1. The van der Waals surface area contributed by atoms with E-state index in [0.717, 1.165) is 41.9 Å². The number of hydrogen-bond acceptors (Lipinski definition) is 2. The summed E-state index contributed by atoms with van der Waals surface area (Å²) in [5.74, 6) is 0.820. The first-order chi connectivity index (χ1) is 9.56. The van der Waals surface area contributed by atoms with Crippen LogP contribution in [0.2, 0.25) is 5.02 Å². The van der Waals surface area contributed by atoms with Crippen molar-refractivity contribution in [3.8, 4) is 0 Å². The van der Waals surface area contributed by atoms with Crippen LogP contribution in [0.4, 0.5) is 0 Å². The molecule has 0 unspecified atom stereocenters. The Bertz CT molecular complexity index is 656. The topological polar surface area (TPSA) is 20.3 Å². The summed E-state index contributed by atoms with van der Waals surface area (Å²) in [5, 5.41) is 1.62. The molecule has 2 aromatic rings. The molecule has 1 saturated heterocycles. The molecule has 1 aromatic carbocycles. The number of thiophene rings is 1. The number of rotatable bonds is 1. The summed E-state index contributed by atoms with van der Waals surface area (Å²) in [4.78, 5) is 15.3. The third-order valence-electron chi connectivity index (χ3n) is 4.05. The van der Waals surface area contributed by atoms with E-state index in [1.807, 2.05) is 17.0 Å². The fourth-order valence-electron chi connectivity index (χ4n) is 2.67. The first kappa shape index (κ1) is 13.9. The highest BCUT2D eigenvalue weighted by atomic mass is 35.5. The van der Waals surface area contributed by atoms with E-state index in [4.69, 9.17) is 11.6 Å². The quantitative estimate of drug-likeness (QED) is 0.745. The second kappa shape index (κ2) is 5.38. The van der Waals surface area contributed by atoms with Gasteiger partial charge >= 0.3 is 0 Å². The van der Waals surface area contributed by atoms with Gasteiger partial charge in [0.15, 0.2) is 0 Å². The van der Waals surface area contributed by atoms with E-state index in [2.05, 4.69) is 19.9 Å². The van der Waals surface area contributed by atoms with Crippen molar-refractivity contribution in [1.82, 2.24) is 4.90 Å². The molecular weight excluding hydrogens is 290 g/mol. The van der Waals surface area contributed by atoms with Gasteiger partial charge < -0.3 is 4.90 Å². The third-order valence-corrected chi connectivity index (χ3v) is 5.70. The fourth-order valence-corrected chi connectivity index (χ4v) is 4.24. The van der Waals surface area contributed by atoms with Crippen molar-refractivity contribution in [2.45, 2.75) is 26.7 Å². The SMILES string of the molecule is Cc1ccc2c(Cl)c(C(=O)N3CCC(C)CC3)sc2c1. The molecule has 3 rings (SSSR count). The molecule has 4 heteroatoms. The highest BCUT2D eigenvalue weighted by Crippen LogP contribution is 2.37. The molecule has 1 aliphatic heterocycles. The van der Waals surface area contributed by atoms with Gasteiger partial charge in [-0.15, -0.1) is 11.3 Å². The Morgan fingerprint density at radius 3 is 2.75 bits per heavy atom. The second-order valence-corrected chi connectivity index (χ2v) is 7.15. The van der Waals surface area contributed by atoms with Crippen molar-refractivity contribution in [2.75, 3.05) is 13.1 Å². The summed E-state index contributed by atoms with van der Waals surface area (Å²) >= 11 is 7.93. The van der Waals surface area contributed by atoms with Crippen LogP contribution in [0.15, 0.2) is 18.2 Å². The molecule has 1 aromatic heterocycles. The number of carbonyl (C=O) groups is 1. The van der Waals surface area contributed by atoms with Crippen molar-refractivity contribution in [3.05, 3.63) is 33.7 Å². The summed E-state index contributed by atoms with van der Waals surface area (Å²) in [6.45, 7) is 6.00. The minimum Gasteiger partial charge on any atom is -0.338 e. The molecule has 1 aliphatic rings. The van der Waals surface area contributed by atoms with Gasteiger partial charge in [0.2, 0.25) is 0 Å². The first-order valence-electron chi connectivity index (χ1n) is 7.04. The number of nitrogens with zero attached hydrogens (tertiary/aromatic N) is 1. The Morgan fingerprint density at radius 2 is 2.05 bits per heavy atom. The highest BCUT2D eigenvalue weighted by molar-refractivity contribution is 7.21. The minimum atomic E-state index is 0.0979. The molecule has 106 valence electrons. The van der Waals surface area contributed by atoms with E-state index in [1.54, 1.807) is 0 Å². The summed E-state index contributed by atoms with van der Waals surface area (Å²) < 4.78 is 1.10. The van der Waals surface area contributed by atoms with Crippen LogP contribution in [-0.4, -0.2) is 23.9 Å². The van der Waals surface area contributed by atoms with E-state index >= 15 is 0 Å². The molecule has 0 spiro atoms. The molecule has 0 radical (unpaired) electrons. The second-order valence-electron chi connectivity index (χ2n) is 5.72. The molecule has 0 aliphatic carbocycles. The van der Waals surface area contributed by atoms with Gasteiger partial charge in [0, 0.05) is 23.2 Å². The van der Waals surface area contributed by atoms with Crippen molar-refractivity contribution in [3.63, 3.8) is 0 Å². The van der Waals surface area contributed by atoms with Crippen LogP contribution >= 0.6 is 22.9 Å². The smallest absolute Gasteiger partial charge is 0.265 e. The zero-order valence-electron chi connectivity index (χ0n) is 11.8. The highest BCUT2D eigenvalue weighted by Gasteiger charge is 2.25. The molecule has 0 saturated carbocycles. The molecule has 0 N–H and O–H groups in total. The zero-order valence-corrected chi connectivity index (χ0v) is 13.4. The largest absolute Gasteiger partial charge is 0.338 e. The van der Waals surface area contributed by atoms with Gasteiger partial charge in [0.25, 0.3) is 5.91 Å². The fraction of sp³-hybridized carbons (Fsp3) is 0.438. The van der Waals surface area contributed by atoms with Crippen molar-refractivity contribution >= 4 is 38.9 Å². The van der Waals surface area contributed by atoms with Crippen molar-refractivity contribution in [1.29, 1.82) is 0 Å². The number of benzene rings is 1. The van der Waals surface area contributed by atoms with Gasteiger partial charge in [-0.3, -0.25) is 4.79 Å². The third kappa shape index (κ3) is 2.45. The van der Waals surface area contributed by atoms with Gasteiger partial charge in [0.1, 0.15) is 4.88 Å². The van der Waals surface area contributed by atoms with Crippen LogP contribution in [-0.2, 0) is 0 Å². The lowest BCUT2D eigenvalue weighted by molar-refractivity contribution is 0.0702. The van der Waals surface area contributed by atoms with Gasteiger partial charge in [0.05, 0.1) is 5.02 Å². The van der Waals surface area contributed by atoms with Gasteiger partial charge in [-0.1, -0.05) is 30.7 Å². The number of likely N-dealkylation sites (tertiary alicyclic amines) is 1. The lowest BCUT2D eigenvalue weighted by Gasteiger charge is -2.30. The van der Waals surface area contributed by atoms with Gasteiger partial charge in [-0.2, -0.15) is 0 Å². The Morgan fingerprint density at radius 1 is 1.35 bits per heavy atom. The lowest BCUT2D eigenvalue weighted by Crippen LogP contribution is -2.37. The zero-order chi connectivity index (χ0) is 14.3. The van der Waals surface area contributed by atoms with E-state index in [1.165, 1.54) is 16.9 Å². The summed E-state index contributed by atoms with van der Waals surface area (Å²) in [7, 11) is 0. The average Bonchev–Trinajstić information content (AvgIpc) is 2.75. The lowest BCUT2D eigenvalue weighted by atomic mass is 9.99.